The summed E-state index contributed by atoms with van der Waals surface area (Å²) in [7, 11) is 0. The highest BCUT2D eigenvalue weighted by molar-refractivity contribution is 6.29. The van der Waals surface area contributed by atoms with Gasteiger partial charge in [0.15, 0.2) is 0 Å². The minimum absolute atomic E-state index is 0.110. The van der Waals surface area contributed by atoms with Crippen molar-refractivity contribution < 1.29 is 9.59 Å². The van der Waals surface area contributed by atoms with Crippen molar-refractivity contribution in [2.24, 2.45) is 11.3 Å². The number of imide groups is 1. The van der Waals surface area contributed by atoms with Gasteiger partial charge in [-0.2, -0.15) is 0 Å². The number of rotatable bonds is 3. The molecule has 1 saturated heterocycles. The van der Waals surface area contributed by atoms with Gasteiger partial charge < -0.3 is 0 Å². The van der Waals surface area contributed by atoms with E-state index >= 15 is 0 Å². The molecule has 0 bridgehead atoms. The Bertz CT molecular complexity index is 990. The maximum absolute atomic E-state index is 13.5. The molecule has 3 aromatic rings. The van der Waals surface area contributed by atoms with E-state index in [0.29, 0.717) is 5.69 Å². The Balaban J connectivity index is 1.70. The van der Waals surface area contributed by atoms with E-state index in [1.54, 1.807) is 0 Å². The van der Waals surface area contributed by atoms with Crippen LogP contribution in [0, 0.1) is 11.3 Å². The molecule has 2 aliphatic rings. The first-order valence-corrected chi connectivity index (χ1v) is 9.18. The summed E-state index contributed by atoms with van der Waals surface area (Å²) in [5.41, 5.74) is 1.32. The summed E-state index contributed by atoms with van der Waals surface area (Å²) in [6.45, 7) is 1.95. The number of anilines is 1. The fourth-order valence-electron chi connectivity index (χ4n) is 5.13. The van der Waals surface area contributed by atoms with Crippen molar-refractivity contribution in [3.63, 3.8) is 0 Å². The number of fused-ring (bicyclic) bond motifs is 1. The number of hydrogen-bond acceptors (Lipinski definition) is 2. The molecular weight excluding hydrogens is 334 g/mol. The van der Waals surface area contributed by atoms with Gasteiger partial charge in [0.05, 0.1) is 17.0 Å². The van der Waals surface area contributed by atoms with Gasteiger partial charge in [0.1, 0.15) is 0 Å². The van der Waals surface area contributed by atoms with Crippen molar-refractivity contribution in [2.75, 3.05) is 4.90 Å². The molecule has 1 aliphatic heterocycles. The van der Waals surface area contributed by atoms with Gasteiger partial charge in [0.25, 0.3) is 0 Å². The molecule has 132 valence electrons. The number of nitrogens with zero attached hydrogens (tertiary/aromatic N) is 1. The van der Waals surface area contributed by atoms with Crippen molar-refractivity contribution >= 4 is 17.5 Å². The minimum Gasteiger partial charge on any atom is -0.274 e. The van der Waals surface area contributed by atoms with Gasteiger partial charge in [-0.05, 0) is 30.2 Å². The summed E-state index contributed by atoms with van der Waals surface area (Å²) in [5.74, 6) is -0.611. The summed E-state index contributed by atoms with van der Waals surface area (Å²) in [6.07, 6.45) is 0. The molecule has 1 heterocycles. The third-order valence-electron chi connectivity index (χ3n) is 6.33. The molecule has 2 atom stereocenters. The normalized spacial score (nSPS) is 25.4. The Kier molecular flexibility index (Phi) is 3.20. The van der Waals surface area contributed by atoms with E-state index in [0.717, 1.165) is 11.1 Å². The molecule has 3 heteroatoms. The number of carbonyl (C=O) groups excluding carboxylic acids is 2. The summed E-state index contributed by atoms with van der Waals surface area (Å²) in [6, 6.07) is 29.2. The van der Waals surface area contributed by atoms with E-state index in [-0.39, 0.29) is 17.7 Å². The van der Waals surface area contributed by atoms with Crippen LogP contribution in [0.1, 0.15) is 18.1 Å². The Morgan fingerprint density at radius 3 is 1.56 bits per heavy atom. The van der Waals surface area contributed by atoms with Crippen molar-refractivity contribution in [3.05, 3.63) is 102 Å². The lowest BCUT2D eigenvalue weighted by Crippen LogP contribution is -2.42. The summed E-state index contributed by atoms with van der Waals surface area (Å²) in [4.78, 5) is 28.3. The van der Waals surface area contributed by atoms with Crippen molar-refractivity contribution in [3.8, 4) is 0 Å². The van der Waals surface area contributed by atoms with Crippen LogP contribution in [0.15, 0.2) is 91.0 Å². The summed E-state index contributed by atoms with van der Waals surface area (Å²) < 4.78 is 0. The molecule has 27 heavy (non-hydrogen) atoms. The van der Waals surface area contributed by atoms with Crippen LogP contribution in [0.2, 0.25) is 0 Å². The molecule has 0 aromatic heterocycles. The molecule has 0 N–H and O–H groups in total. The number of benzene rings is 3. The monoisotopic (exact) mass is 353 g/mol. The number of piperidine rings is 1. The van der Waals surface area contributed by atoms with Crippen LogP contribution >= 0.6 is 0 Å². The lowest BCUT2D eigenvalue weighted by Gasteiger charge is -2.29. The SMILES string of the molecule is C[C@@]12C(=O)N(c3ccccc3)C(=O)[C@@H]1C2(c1ccccc1)c1ccccc1. The van der Waals surface area contributed by atoms with Gasteiger partial charge in [-0.25, -0.2) is 4.90 Å². The average Bonchev–Trinajstić information content (AvgIpc) is 3.25. The van der Waals surface area contributed by atoms with E-state index in [1.807, 2.05) is 97.9 Å². The second kappa shape index (κ2) is 5.40. The molecule has 0 spiro atoms. The second-order valence-corrected chi connectivity index (χ2v) is 7.49. The third-order valence-corrected chi connectivity index (χ3v) is 6.33. The first-order valence-electron chi connectivity index (χ1n) is 9.18. The highest BCUT2D eigenvalue weighted by Gasteiger charge is 2.86. The number of carbonyl (C=O) groups is 2. The number of amides is 2. The van der Waals surface area contributed by atoms with Crippen LogP contribution in [0.5, 0.6) is 0 Å². The van der Waals surface area contributed by atoms with E-state index in [4.69, 9.17) is 0 Å². The summed E-state index contributed by atoms with van der Waals surface area (Å²) >= 11 is 0. The molecular formula is C24H19NO2. The van der Waals surface area contributed by atoms with Crippen molar-refractivity contribution in [1.82, 2.24) is 0 Å². The first kappa shape index (κ1) is 16.0. The maximum atomic E-state index is 13.5. The highest BCUT2D eigenvalue weighted by atomic mass is 16.2. The molecule has 2 amide bonds. The molecule has 1 aliphatic carbocycles. The van der Waals surface area contributed by atoms with Crippen LogP contribution in [-0.2, 0) is 15.0 Å². The van der Waals surface area contributed by atoms with Gasteiger partial charge in [0.2, 0.25) is 11.8 Å². The Labute approximate surface area is 158 Å². The van der Waals surface area contributed by atoms with Crippen LogP contribution < -0.4 is 4.90 Å². The standard InChI is InChI=1S/C24H19NO2/c1-23-20(21(26)25(22(23)27)19-15-9-4-10-16-19)24(23,17-11-5-2-6-12-17)18-13-7-3-8-14-18/h2-16,20H,1H3/t20-,23-/m0/s1. The molecule has 0 radical (unpaired) electrons. The van der Waals surface area contributed by atoms with Crippen LogP contribution in [-0.4, -0.2) is 11.8 Å². The lowest BCUT2D eigenvalue weighted by atomic mass is 9.79. The molecule has 0 unspecified atom stereocenters. The van der Waals surface area contributed by atoms with Crippen molar-refractivity contribution in [1.29, 1.82) is 0 Å². The van der Waals surface area contributed by atoms with Crippen LogP contribution in [0.25, 0.3) is 0 Å². The lowest BCUT2D eigenvalue weighted by molar-refractivity contribution is -0.125. The maximum Gasteiger partial charge on any atom is 0.241 e. The van der Waals surface area contributed by atoms with Crippen molar-refractivity contribution in [2.45, 2.75) is 12.3 Å². The average molecular weight is 353 g/mol. The Morgan fingerprint density at radius 2 is 1.15 bits per heavy atom. The smallest absolute Gasteiger partial charge is 0.241 e. The predicted octanol–water partition coefficient (Wildman–Crippen LogP) is 4.18. The van der Waals surface area contributed by atoms with Gasteiger partial charge in [-0.15, -0.1) is 0 Å². The molecule has 1 saturated carbocycles. The largest absolute Gasteiger partial charge is 0.274 e. The minimum atomic E-state index is -0.775. The molecule has 2 fully saturated rings. The summed E-state index contributed by atoms with van der Waals surface area (Å²) in [5, 5.41) is 0. The zero-order valence-corrected chi connectivity index (χ0v) is 15.0. The quantitative estimate of drug-likeness (QED) is 0.663. The van der Waals surface area contributed by atoms with E-state index in [9.17, 15) is 9.59 Å². The first-order chi connectivity index (χ1) is 13.1. The number of para-hydroxylation sites is 1. The van der Waals surface area contributed by atoms with Gasteiger partial charge >= 0.3 is 0 Å². The second-order valence-electron chi connectivity index (χ2n) is 7.49. The fraction of sp³-hybridized carbons (Fsp3) is 0.167. The topological polar surface area (TPSA) is 37.4 Å². The zero-order chi connectivity index (χ0) is 18.6. The van der Waals surface area contributed by atoms with E-state index < -0.39 is 10.8 Å². The van der Waals surface area contributed by atoms with E-state index in [1.165, 1.54) is 4.90 Å². The van der Waals surface area contributed by atoms with Crippen LogP contribution in [0.4, 0.5) is 5.69 Å². The van der Waals surface area contributed by atoms with Gasteiger partial charge in [0, 0.05) is 5.41 Å². The van der Waals surface area contributed by atoms with E-state index in [2.05, 4.69) is 0 Å². The van der Waals surface area contributed by atoms with Gasteiger partial charge in [-0.1, -0.05) is 78.9 Å². The molecule has 5 rings (SSSR count). The van der Waals surface area contributed by atoms with Crippen LogP contribution in [0.3, 0.4) is 0 Å². The molecule has 3 aromatic carbocycles. The predicted molar refractivity (Wildman–Crippen MR) is 104 cm³/mol. The molecule has 3 nitrogen and oxygen atoms in total. The fourth-order valence-corrected chi connectivity index (χ4v) is 5.13. The third kappa shape index (κ3) is 1.81. The highest BCUT2D eigenvalue weighted by Crippen LogP contribution is 2.76. The number of hydrogen-bond donors (Lipinski definition) is 0. The Hall–Kier alpha value is -3.20. The zero-order valence-electron chi connectivity index (χ0n) is 15.0. The Morgan fingerprint density at radius 1 is 0.704 bits per heavy atom. The van der Waals surface area contributed by atoms with Gasteiger partial charge in [-0.3, -0.25) is 9.59 Å².